The second kappa shape index (κ2) is 4.19. The van der Waals surface area contributed by atoms with Crippen LogP contribution in [0.5, 0.6) is 0 Å². The molecule has 16 heavy (non-hydrogen) atoms. The minimum Gasteiger partial charge on any atom is -0.385 e. The molecule has 0 spiro atoms. The second-order valence-corrected chi connectivity index (χ2v) is 5.35. The van der Waals surface area contributed by atoms with Crippen molar-refractivity contribution >= 4 is 0 Å². The fourth-order valence-electron chi connectivity index (χ4n) is 2.89. The van der Waals surface area contributed by atoms with Crippen molar-refractivity contribution in [2.45, 2.75) is 44.4 Å². The van der Waals surface area contributed by atoms with Crippen LogP contribution in [0.3, 0.4) is 0 Å². The molecule has 0 bridgehead atoms. The number of likely N-dealkylation sites (tertiary alicyclic amines) is 1. The molecule has 0 aromatic heterocycles. The molecule has 0 amide bonds. The van der Waals surface area contributed by atoms with Gasteiger partial charge in [-0.15, -0.1) is 0 Å². The Bertz CT molecular complexity index is 337. The average molecular weight is 220 g/mol. The van der Waals surface area contributed by atoms with Crippen molar-refractivity contribution in [2.24, 2.45) is 0 Å². The summed E-state index contributed by atoms with van der Waals surface area (Å²) in [6.07, 6.45) is 1.71. The van der Waals surface area contributed by atoms with Gasteiger partial charge in [-0.05, 0) is 19.4 Å². The zero-order chi connectivity index (χ0) is 11.8. The van der Waals surface area contributed by atoms with Crippen LogP contribution >= 0.6 is 0 Å². The van der Waals surface area contributed by atoms with Crippen molar-refractivity contribution in [1.82, 2.24) is 0 Å². The van der Waals surface area contributed by atoms with Gasteiger partial charge in [0.25, 0.3) is 0 Å². The molecule has 2 nitrogen and oxygen atoms in total. The normalized spacial score (nSPS) is 39.6. The first-order valence-corrected chi connectivity index (χ1v) is 6.14. The summed E-state index contributed by atoms with van der Waals surface area (Å²) >= 11 is 0. The van der Waals surface area contributed by atoms with Crippen molar-refractivity contribution in [3.8, 4) is 0 Å². The third kappa shape index (κ3) is 2.00. The topological polar surface area (TPSA) is 24.7 Å². The zero-order valence-corrected chi connectivity index (χ0v) is 10.4. The van der Waals surface area contributed by atoms with Gasteiger partial charge in [0.1, 0.15) is 5.60 Å². The first kappa shape index (κ1) is 11.6. The number of hydrogen-bond donors (Lipinski definition) is 2. The third-order valence-electron chi connectivity index (χ3n) is 4.15. The largest absolute Gasteiger partial charge is 0.385 e. The number of nitrogens with one attached hydrogen (secondary N) is 1. The van der Waals surface area contributed by atoms with E-state index in [-0.39, 0.29) is 0 Å². The highest BCUT2D eigenvalue weighted by Gasteiger charge is 2.42. The fourth-order valence-corrected chi connectivity index (χ4v) is 2.89. The predicted molar refractivity (Wildman–Crippen MR) is 65.4 cm³/mol. The maximum Gasteiger partial charge on any atom is 0.101 e. The molecule has 1 aliphatic heterocycles. The Labute approximate surface area is 97.9 Å². The van der Waals surface area contributed by atoms with Gasteiger partial charge >= 0.3 is 0 Å². The van der Waals surface area contributed by atoms with Gasteiger partial charge in [0.2, 0.25) is 0 Å². The van der Waals surface area contributed by atoms with Gasteiger partial charge in [0.05, 0.1) is 19.1 Å². The van der Waals surface area contributed by atoms with Crippen LogP contribution in [0.4, 0.5) is 0 Å². The molecule has 1 aromatic carbocycles. The molecule has 2 rings (SSSR count). The Morgan fingerprint density at radius 3 is 2.12 bits per heavy atom. The molecule has 2 N–H and O–H groups in total. The number of aliphatic hydroxyl groups is 1. The monoisotopic (exact) mass is 220 g/mol. The number of benzene rings is 1. The van der Waals surface area contributed by atoms with Crippen molar-refractivity contribution in [1.29, 1.82) is 0 Å². The predicted octanol–water partition coefficient (Wildman–Crippen LogP) is 0.960. The maximum atomic E-state index is 10.8. The second-order valence-electron chi connectivity index (χ2n) is 5.35. The van der Waals surface area contributed by atoms with Crippen LogP contribution < -0.4 is 4.90 Å². The lowest BCUT2D eigenvalue weighted by molar-refractivity contribution is -0.936. The molecule has 1 saturated heterocycles. The lowest BCUT2D eigenvalue weighted by Gasteiger charge is -2.42. The minimum absolute atomic E-state index is 0.508. The smallest absolute Gasteiger partial charge is 0.101 e. The van der Waals surface area contributed by atoms with E-state index >= 15 is 0 Å². The Morgan fingerprint density at radius 2 is 1.62 bits per heavy atom. The van der Waals surface area contributed by atoms with E-state index < -0.39 is 5.60 Å². The summed E-state index contributed by atoms with van der Waals surface area (Å²) < 4.78 is 0. The van der Waals surface area contributed by atoms with Gasteiger partial charge < -0.3 is 10.0 Å². The fraction of sp³-hybridized carbons (Fsp3) is 0.571. The van der Waals surface area contributed by atoms with Crippen LogP contribution in [0.15, 0.2) is 30.3 Å². The average Bonchev–Trinajstić information content (AvgIpc) is 2.27. The molecule has 88 valence electrons. The molecule has 1 heterocycles. The van der Waals surface area contributed by atoms with E-state index in [1.165, 1.54) is 4.90 Å². The van der Waals surface area contributed by atoms with E-state index in [0.29, 0.717) is 12.1 Å². The maximum absolute atomic E-state index is 10.8. The van der Waals surface area contributed by atoms with Gasteiger partial charge in [-0.2, -0.15) is 0 Å². The number of quaternary nitrogens is 1. The van der Waals surface area contributed by atoms with Crippen molar-refractivity contribution in [2.75, 3.05) is 7.05 Å². The number of hydrogen-bond acceptors (Lipinski definition) is 1. The number of piperidine rings is 1. The molecule has 1 aromatic rings. The lowest BCUT2D eigenvalue weighted by Crippen LogP contribution is -3.17. The van der Waals surface area contributed by atoms with Crippen LogP contribution in [0.25, 0.3) is 0 Å². The Balaban J connectivity index is 2.27. The number of rotatable bonds is 1. The van der Waals surface area contributed by atoms with E-state index in [1.807, 2.05) is 30.3 Å². The van der Waals surface area contributed by atoms with Crippen molar-refractivity contribution in [3.63, 3.8) is 0 Å². The van der Waals surface area contributed by atoms with Gasteiger partial charge in [-0.3, -0.25) is 0 Å². The molecular formula is C14H22NO+. The van der Waals surface area contributed by atoms with Gasteiger partial charge in [-0.1, -0.05) is 30.3 Å². The SMILES string of the molecule is C[C@@H]1CC(O)(c2ccccc2)C[C@H](C)[NH+]1C. The zero-order valence-electron chi connectivity index (χ0n) is 10.4. The summed E-state index contributed by atoms with van der Waals surface area (Å²) in [7, 11) is 2.22. The summed E-state index contributed by atoms with van der Waals surface area (Å²) in [5, 5.41) is 10.8. The molecule has 0 radical (unpaired) electrons. The minimum atomic E-state index is -0.625. The first-order chi connectivity index (χ1) is 7.53. The highest BCUT2D eigenvalue weighted by atomic mass is 16.3. The van der Waals surface area contributed by atoms with Crippen molar-refractivity contribution in [3.05, 3.63) is 35.9 Å². The third-order valence-corrected chi connectivity index (χ3v) is 4.15. The van der Waals surface area contributed by atoms with Gasteiger partial charge in [0.15, 0.2) is 0 Å². The highest BCUT2D eigenvalue weighted by Crippen LogP contribution is 2.32. The van der Waals surface area contributed by atoms with E-state index in [4.69, 9.17) is 0 Å². The molecule has 0 saturated carbocycles. The summed E-state index contributed by atoms with van der Waals surface area (Å²) in [5.41, 5.74) is 0.445. The molecule has 2 heteroatoms. The van der Waals surface area contributed by atoms with E-state index in [9.17, 15) is 5.11 Å². The quantitative estimate of drug-likeness (QED) is 0.724. The molecule has 0 aliphatic carbocycles. The van der Waals surface area contributed by atoms with Crippen LogP contribution in [-0.2, 0) is 5.60 Å². The summed E-state index contributed by atoms with van der Waals surface area (Å²) in [4.78, 5) is 1.53. The van der Waals surface area contributed by atoms with Crippen molar-refractivity contribution < 1.29 is 10.0 Å². The van der Waals surface area contributed by atoms with Crippen LogP contribution in [0.2, 0.25) is 0 Å². The van der Waals surface area contributed by atoms with E-state index in [0.717, 1.165) is 18.4 Å². The Hall–Kier alpha value is -0.860. The Morgan fingerprint density at radius 1 is 1.12 bits per heavy atom. The highest BCUT2D eigenvalue weighted by molar-refractivity contribution is 5.23. The molecule has 1 aliphatic rings. The molecule has 1 fully saturated rings. The van der Waals surface area contributed by atoms with Crippen LogP contribution in [0.1, 0.15) is 32.3 Å². The van der Waals surface area contributed by atoms with Crippen LogP contribution in [0, 0.1) is 0 Å². The lowest BCUT2D eigenvalue weighted by atomic mass is 9.78. The Kier molecular flexibility index (Phi) is 3.04. The van der Waals surface area contributed by atoms with E-state index in [2.05, 4.69) is 20.9 Å². The van der Waals surface area contributed by atoms with Gasteiger partial charge in [0, 0.05) is 12.8 Å². The first-order valence-electron chi connectivity index (χ1n) is 6.14. The summed E-state index contributed by atoms with van der Waals surface area (Å²) in [6.45, 7) is 4.44. The molecule has 2 unspecified atom stereocenters. The molecular weight excluding hydrogens is 198 g/mol. The van der Waals surface area contributed by atoms with E-state index in [1.54, 1.807) is 0 Å². The summed E-state index contributed by atoms with van der Waals surface area (Å²) in [6, 6.07) is 11.1. The standard InChI is InChI=1S/C14H21NO/c1-11-9-14(16,10-12(2)15(11)3)13-7-5-4-6-8-13/h4-8,11-12,16H,9-10H2,1-3H3/p+1/t11-,12+,14?. The van der Waals surface area contributed by atoms with Crippen LogP contribution in [-0.4, -0.2) is 24.2 Å². The molecule has 4 atom stereocenters. The van der Waals surface area contributed by atoms with Gasteiger partial charge in [-0.25, -0.2) is 0 Å². The summed E-state index contributed by atoms with van der Waals surface area (Å²) in [5.74, 6) is 0.